The van der Waals surface area contributed by atoms with Crippen molar-refractivity contribution < 1.29 is 22.7 Å². The number of benzene rings is 2. The smallest absolute Gasteiger partial charge is 0.416 e. The largest absolute Gasteiger partial charge is 0.463 e. The average Bonchev–Trinajstić information content (AvgIpc) is 3.27. The van der Waals surface area contributed by atoms with Gasteiger partial charge in [-0.15, -0.1) is 0 Å². The highest BCUT2D eigenvalue weighted by atomic mass is 19.4. The molecule has 0 N–H and O–H groups in total. The van der Waals surface area contributed by atoms with E-state index < -0.39 is 23.8 Å². The van der Waals surface area contributed by atoms with E-state index in [0.717, 1.165) is 12.1 Å². The zero-order valence-corrected chi connectivity index (χ0v) is 17.8. The maximum absolute atomic E-state index is 13.4. The van der Waals surface area contributed by atoms with Crippen LogP contribution in [-0.4, -0.2) is 22.1 Å². The van der Waals surface area contributed by atoms with Gasteiger partial charge in [0.2, 0.25) is 5.95 Å². The molecular formula is C24H19F3N4O2. The SMILES string of the molecule is CCOC(=O)C1=C(C)N(c2cccc(C(F)(F)F)c2)c2nccn2C1c1ccc(C#N)cc1. The van der Waals surface area contributed by atoms with Crippen molar-refractivity contribution in [1.82, 2.24) is 9.55 Å². The summed E-state index contributed by atoms with van der Waals surface area (Å²) in [5.41, 5.74) is 1.25. The zero-order valence-electron chi connectivity index (χ0n) is 17.8. The van der Waals surface area contributed by atoms with Gasteiger partial charge >= 0.3 is 12.1 Å². The second kappa shape index (κ2) is 8.47. The number of nitrogens with zero attached hydrogens (tertiary/aromatic N) is 4. The molecule has 0 bridgehead atoms. The van der Waals surface area contributed by atoms with Crippen molar-refractivity contribution in [3.63, 3.8) is 0 Å². The van der Waals surface area contributed by atoms with E-state index in [1.54, 1.807) is 48.9 Å². The van der Waals surface area contributed by atoms with Crippen LogP contribution in [0.2, 0.25) is 0 Å². The molecule has 6 nitrogen and oxygen atoms in total. The molecule has 1 aliphatic rings. The highest BCUT2D eigenvalue weighted by Crippen LogP contribution is 2.43. The molecule has 0 aliphatic carbocycles. The van der Waals surface area contributed by atoms with Crippen molar-refractivity contribution in [2.75, 3.05) is 11.5 Å². The summed E-state index contributed by atoms with van der Waals surface area (Å²) >= 11 is 0. The Morgan fingerprint density at radius 3 is 2.58 bits per heavy atom. The monoisotopic (exact) mass is 452 g/mol. The number of fused-ring (bicyclic) bond motifs is 1. The molecule has 1 unspecified atom stereocenters. The molecule has 2 heterocycles. The van der Waals surface area contributed by atoms with Gasteiger partial charge in [0.05, 0.1) is 35.4 Å². The minimum atomic E-state index is -4.52. The van der Waals surface area contributed by atoms with Gasteiger partial charge in [0.1, 0.15) is 0 Å². The Balaban J connectivity index is 1.93. The maximum Gasteiger partial charge on any atom is 0.416 e. The number of carbonyl (C=O) groups excluding carboxylic acids is 1. The quantitative estimate of drug-likeness (QED) is 0.499. The zero-order chi connectivity index (χ0) is 23.8. The summed E-state index contributed by atoms with van der Waals surface area (Å²) in [7, 11) is 0. The van der Waals surface area contributed by atoms with E-state index in [2.05, 4.69) is 11.1 Å². The molecule has 1 aromatic heterocycles. The Morgan fingerprint density at radius 2 is 1.94 bits per heavy atom. The third-order valence-corrected chi connectivity index (χ3v) is 5.41. The van der Waals surface area contributed by atoms with Crippen molar-refractivity contribution in [2.24, 2.45) is 0 Å². The fourth-order valence-electron chi connectivity index (χ4n) is 3.95. The van der Waals surface area contributed by atoms with Crippen LogP contribution in [-0.2, 0) is 15.7 Å². The van der Waals surface area contributed by atoms with Crippen LogP contribution < -0.4 is 4.90 Å². The predicted octanol–water partition coefficient (Wildman–Crippen LogP) is 5.35. The van der Waals surface area contributed by atoms with Crippen LogP contribution in [0.15, 0.2) is 72.2 Å². The fraction of sp³-hybridized carbons (Fsp3) is 0.208. The maximum atomic E-state index is 13.4. The first-order valence-corrected chi connectivity index (χ1v) is 10.1. The molecule has 1 aliphatic heterocycles. The van der Waals surface area contributed by atoms with Gasteiger partial charge in [0.25, 0.3) is 0 Å². The molecule has 9 heteroatoms. The van der Waals surface area contributed by atoms with E-state index in [-0.39, 0.29) is 17.9 Å². The third kappa shape index (κ3) is 3.96. The number of hydrogen-bond acceptors (Lipinski definition) is 5. The first kappa shape index (κ1) is 22.1. The number of carbonyl (C=O) groups is 1. The summed E-state index contributed by atoms with van der Waals surface area (Å²) in [6.07, 6.45) is -1.34. The number of anilines is 2. The Morgan fingerprint density at radius 1 is 1.21 bits per heavy atom. The number of alkyl halides is 3. The predicted molar refractivity (Wildman–Crippen MR) is 114 cm³/mol. The molecule has 2 aromatic carbocycles. The van der Waals surface area contributed by atoms with E-state index >= 15 is 0 Å². The molecule has 1 atom stereocenters. The van der Waals surface area contributed by atoms with Gasteiger partial charge in [-0.3, -0.25) is 4.90 Å². The van der Waals surface area contributed by atoms with Crippen LogP contribution in [0.1, 0.15) is 36.6 Å². The number of imidazole rings is 1. The van der Waals surface area contributed by atoms with E-state index in [4.69, 9.17) is 10.00 Å². The van der Waals surface area contributed by atoms with Gasteiger partial charge in [0, 0.05) is 23.8 Å². The van der Waals surface area contributed by atoms with Gasteiger partial charge in [-0.05, 0) is 49.7 Å². The van der Waals surface area contributed by atoms with Crippen molar-refractivity contribution in [3.05, 3.63) is 88.9 Å². The number of rotatable bonds is 4. The summed E-state index contributed by atoms with van der Waals surface area (Å²) in [5.74, 6) is -0.227. The van der Waals surface area contributed by atoms with Gasteiger partial charge < -0.3 is 9.30 Å². The topological polar surface area (TPSA) is 71.2 Å². The summed E-state index contributed by atoms with van der Waals surface area (Å²) in [6, 6.07) is 13.0. The Hall–Kier alpha value is -4.06. The van der Waals surface area contributed by atoms with Crippen LogP contribution >= 0.6 is 0 Å². The first-order valence-electron chi connectivity index (χ1n) is 10.1. The van der Waals surface area contributed by atoms with Gasteiger partial charge in [0.15, 0.2) is 0 Å². The molecule has 3 aromatic rings. The lowest BCUT2D eigenvalue weighted by molar-refractivity contribution is -0.139. The fourth-order valence-corrected chi connectivity index (χ4v) is 3.95. The van der Waals surface area contributed by atoms with Crippen LogP contribution in [0.3, 0.4) is 0 Å². The normalized spacial score (nSPS) is 15.8. The van der Waals surface area contributed by atoms with Crippen molar-refractivity contribution in [1.29, 1.82) is 5.26 Å². The second-order valence-corrected chi connectivity index (χ2v) is 7.37. The van der Waals surface area contributed by atoms with E-state index in [9.17, 15) is 18.0 Å². The molecule has 0 radical (unpaired) electrons. The van der Waals surface area contributed by atoms with E-state index in [1.807, 2.05) is 0 Å². The number of ether oxygens (including phenoxy) is 1. The molecule has 0 spiro atoms. The first-order chi connectivity index (χ1) is 15.8. The molecule has 33 heavy (non-hydrogen) atoms. The minimum Gasteiger partial charge on any atom is -0.463 e. The summed E-state index contributed by atoms with van der Waals surface area (Å²) < 4.78 is 47.1. The third-order valence-electron chi connectivity index (χ3n) is 5.41. The van der Waals surface area contributed by atoms with Crippen LogP contribution in [0, 0.1) is 11.3 Å². The number of hydrogen-bond donors (Lipinski definition) is 0. The van der Waals surface area contributed by atoms with Crippen LogP contribution in [0.4, 0.5) is 24.8 Å². The molecule has 0 amide bonds. The molecule has 0 fully saturated rings. The Bertz CT molecular complexity index is 1270. The molecule has 168 valence electrons. The number of aromatic nitrogens is 2. The van der Waals surface area contributed by atoms with E-state index in [0.29, 0.717) is 22.8 Å². The van der Waals surface area contributed by atoms with Crippen molar-refractivity contribution >= 4 is 17.6 Å². The molecule has 4 rings (SSSR count). The van der Waals surface area contributed by atoms with Gasteiger partial charge in [-0.25, -0.2) is 9.78 Å². The minimum absolute atomic E-state index is 0.135. The number of esters is 1. The van der Waals surface area contributed by atoms with E-state index in [1.165, 1.54) is 23.2 Å². The van der Waals surface area contributed by atoms with Crippen molar-refractivity contribution in [2.45, 2.75) is 26.1 Å². The number of nitriles is 1. The second-order valence-electron chi connectivity index (χ2n) is 7.37. The standard InChI is InChI=1S/C24H19F3N4O2/c1-3-33-22(32)20-15(2)31(19-6-4-5-18(13-19)24(25,26)27)23-29-11-12-30(23)21(20)17-9-7-16(14-28)8-10-17/h4-13,21H,3H2,1-2H3. The average molecular weight is 452 g/mol. The molecule has 0 saturated carbocycles. The highest BCUT2D eigenvalue weighted by molar-refractivity contribution is 5.93. The van der Waals surface area contributed by atoms with Gasteiger partial charge in [-0.1, -0.05) is 18.2 Å². The number of halogens is 3. The number of allylic oxidation sites excluding steroid dienone is 1. The lowest BCUT2D eigenvalue weighted by atomic mass is 9.93. The Kier molecular flexibility index (Phi) is 5.68. The summed E-state index contributed by atoms with van der Waals surface area (Å²) in [4.78, 5) is 19.0. The van der Waals surface area contributed by atoms with Crippen molar-refractivity contribution in [3.8, 4) is 6.07 Å². The van der Waals surface area contributed by atoms with Crippen LogP contribution in [0.25, 0.3) is 0 Å². The lowest BCUT2D eigenvalue weighted by Gasteiger charge is -2.36. The summed E-state index contributed by atoms with van der Waals surface area (Å²) in [5, 5.41) is 9.12. The van der Waals surface area contributed by atoms with Gasteiger partial charge in [-0.2, -0.15) is 18.4 Å². The highest BCUT2D eigenvalue weighted by Gasteiger charge is 2.38. The Labute approximate surface area is 188 Å². The summed E-state index contributed by atoms with van der Waals surface area (Å²) in [6.45, 7) is 3.47. The van der Waals surface area contributed by atoms with Crippen LogP contribution in [0.5, 0.6) is 0 Å². The molecule has 0 saturated heterocycles. The molecular weight excluding hydrogens is 433 g/mol. The lowest BCUT2D eigenvalue weighted by Crippen LogP contribution is -2.34.